The van der Waals surface area contributed by atoms with Crippen LogP contribution < -0.4 is 15.6 Å². The molecule has 148 valence electrons. The monoisotopic (exact) mass is 384 g/mol. The fraction of sp³-hybridized carbons (Fsp3) is 0.200. The van der Waals surface area contributed by atoms with E-state index in [-0.39, 0.29) is 11.3 Å². The number of aromatic carboxylic acids is 1. The van der Waals surface area contributed by atoms with Crippen molar-refractivity contribution in [2.75, 3.05) is 19.0 Å². The van der Waals surface area contributed by atoms with Crippen molar-refractivity contribution < 1.29 is 20.1 Å². The molecule has 3 aromatic rings. The van der Waals surface area contributed by atoms with Gasteiger partial charge >= 0.3 is 5.97 Å². The molecule has 0 aliphatic rings. The Morgan fingerprint density at radius 1 is 1.11 bits per heavy atom. The maximum atomic E-state index is 12.4. The van der Waals surface area contributed by atoms with Gasteiger partial charge in [0, 0.05) is 21.1 Å². The Morgan fingerprint density at radius 2 is 1.71 bits per heavy atom. The van der Waals surface area contributed by atoms with Crippen LogP contribution in [0, 0.1) is 6.92 Å². The van der Waals surface area contributed by atoms with E-state index in [1.807, 2.05) is 68.0 Å². The average molecular weight is 384 g/mol. The number of anilines is 1. The molecule has 0 bridgehead atoms. The van der Waals surface area contributed by atoms with Crippen molar-refractivity contribution in [1.29, 1.82) is 0 Å². The molecule has 28 heavy (non-hydrogen) atoms. The molecule has 0 aliphatic heterocycles. The van der Waals surface area contributed by atoms with Crippen LogP contribution in [0.15, 0.2) is 53.3 Å². The Labute approximate surface area is 162 Å². The second-order valence-electron chi connectivity index (χ2n) is 6.29. The fourth-order valence-corrected chi connectivity index (χ4v) is 2.75. The van der Waals surface area contributed by atoms with Crippen molar-refractivity contribution in [3.8, 4) is 17.2 Å². The number of hydrogen-bond acceptors (Lipinski definition) is 5. The predicted molar refractivity (Wildman–Crippen MR) is 105 cm³/mol. The summed E-state index contributed by atoms with van der Waals surface area (Å²) in [7, 11) is 5.68. The molecule has 0 aliphatic carbocycles. The zero-order valence-corrected chi connectivity index (χ0v) is 16.1. The average Bonchev–Trinajstić information content (AvgIpc) is 2.87. The molecule has 0 unspecified atom stereocenters. The number of nitrogens with zero attached hydrogens (tertiary/aromatic N) is 3. The van der Waals surface area contributed by atoms with Gasteiger partial charge in [-0.1, -0.05) is 30.0 Å². The van der Waals surface area contributed by atoms with E-state index in [2.05, 4.69) is 0 Å². The normalized spacial score (nSPS) is 10.1. The molecule has 0 spiro atoms. The van der Waals surface area contributed by atoms with Crippen LogP contribution in [0.5, 0.6) is 11.5 Å². The summed E-state index contributed by atoms with van der Waals surface area (Å²) in [6, 6.07) is 12.7. The number of carboxylic acid groups (broad SMARTS) is 1. The van der Waals surface area contributed by atoms with Crippen molar-refractivity contribution >= 4 is 11.7 Å². The number of para-hydroxylation sites is 1. The number of aromatic nitrogens is 2. The summed E-state index contributed by atoms with van der Waals surface area (Å²) in [4.78, 5) is 24.5. The SMILES string of the molecule is Cc1c(N(C)C)c(=O)n(-c2ccccc2)n1C.O=C(O)c1cc(O)ccc1[O-]. The standard InChI is InChI=1S/C13H17N3O.C7H6O4/c1-10-12(14(2)3)13(17)16(15(10)4)11-8-6-5-7-9-11;8-4-1-2-6(9)5(3-4)7(10)11/h5-9H,1-4H3;1-3,8-9H,(H,10,11)/p-1. The van der Waals surface area contributed by atoms with Crippen molar-refractivity contribution in [2.24, 2.45) is 7.05 Å². The van der Waals surface area contributed by atoms with Crippen molar-refractivity contribution in [3.05, 3.63) is 70.1 Å². The minimum absolute atomic E-state index is 0.0150. The number of hydrogen-bond donors (Lipinski definition) is 2. The lowest BCUT2D eigenvalue weighted by Crippen LogP contribution is -2.23. The van der Waals surface area contributed by atoms with E-state index in [1.54, 1.807) is 4.68 Å². The number of phenolic OH excluding ortho intramolecular Hbond substituents is 1. The van der Waals surface area contributed by atoms with E-state index in [9.17, 15) is 14.7 Å². The van der Waals surface area contributed by atoms with Gasteiger partial charge in [-0.3, -0.25) is 9.48 Å². The predicted octanol–water partition coefficient (Wildman–Crippen LogP) is 1.71. The number of benzene rings is 2. The molecule has 0 amide bonds. The molecular formula is C20H22N3O5-. The molecule has 8 heteroatoms. The molecule has 2 aromatic carbocycles. The topological polar surface area (TPSA) is 111 Å². The molecule has 0 saturated carbocycles. The maximum absolute atomic E-state index is 12.4. The van der Waals surface area contributed by atoms with E-state index < -0.39 is 17.3 Å². The lowest BCUT2D eigenvalue weighted by molar-refractivity contribution is -0.268. The van der Waals surface area contributed by atoms with E-state index >= 15 is 0 Å². The maximum Gasteiger partial charge on any atom is 0.335 e. The zero-order valence-electron chi connectivity index (χ0n) is 16.1. The van der Waals surface area contributed by atoms with Gasteiger partial charge in [-0.2, -0.15) is 0 Å². The van der Waals surface area contributed by atoms with Crippen molar-refractivity contribution in [3.63, 3.8) is 0 Å². The minimum atomic E-state index is -1.33. The molecular weight excluding hydrogens is 362 g/mol. The summed E-state index contributed by atoms with van der Waals surface area (Å²) in [5, 5.41) is 27.9. The Balaban J connectivity index is 0.000000221. The summed E-state index contributed by atoms with van der Waals surface area (Å²) in [6.07, 6.45) is 0. The molecule has 1 heterocycles. The first-order valence-electron chi connectivity index (χ1n) is 8.39. The van der Waals surface area contributed by atoms with Gasteiger partial charge in [-0.25, -0.2) is 9.48 Å². The smallest absolute Gasteiger partial charge is 0.335 e. The van der Waals surface area contributed by atoms with Crippen molar-refractivity contribution in [1.82, 2.24) is 9.36 Å². The molecule has 0 fully saturated rings. The second-order valence-corrected chi connectivity index (χ2v) is 6.29. The number of rotatable bonds is 3. The van der Waals surface area contributed by atoms with Crippen LogP contribution in [0.2, 0.25) is 0 Å². The second kappa shape index (κ2) is 8.34. The highest BCUT2D eigenvalue weighted by Crippen LogP contribution is 2.19. The highest BCUT2D eigenvalue weighted by atomic mass is 16.4. The Kier molecular flexibility index (Phi) is 6.15. The van der Waals surface area contributed by atoms with Gasteiger partial charge in [0.15, 0.2) is 0 Å². The Bertz CT molecular complexity index is 1040. The third kappa shape index (κ3) is 4.17. The van der Waals surface area contributed by atoms with E-state index in [0.717, 1.165) is 35.3 Å². The van der Waals surface area contributed by atoms with Crippen molar-refractivity contribution in [2.45, 2.75) is 6.92 Å². The largest absolute Gasteiger partial charge is 0.872 e. The van der Waals surface area contributed by atoms with Crippen LogP contribution in [0.3, 0.4) is 0 Å². The van der Waals surface area contributed by atoms with E-state index in [4.69, 9.17) is 10.2 Å². The van der Waals surface area contributed by atoms with Gasteiger partial charge in [-0.15, -0.1) is 0 Å². The van der Waals surface area contributed by atoms with Gasteiger partial charge in [0.05, 0.1) is 16.9 Å². The first-order valence-corrected chi connectivity index (χ1v) is 8.39. The molecule has 1 aromatic heterocycles. The lowest BCUT2D eigenvalue weighted by Gasteiger charge is -2.09. The Hall–Kier alpha value is -3.68. The Morgan fingerprint density at radius 3 is 2.18 bits per heavy atom. The minimum Gasteiger partial charge on any atom is -0.872 e. The number of carbonyl (C=O) groups is 1. The fourth-order valence-electron chi connectivity index (χ4n) is 2.75. The molecule has 0 saturated heterocycles. The molecule has 3 rings (SSSR count). The summed E-state index contributed by atoms with van der Waals surface area (Å²) < 4.78 is 3.57. The zero-order chi connectivity index (χ0) is 21.0. The van der Waals surface area contributed by atoms with Gasteiger partial charge in [-0.05, 0) is 31.2 Å². The highest BCUT2D eigenvalue weighted by molar-refractivity contribution is 5.90. The van der Waals surface area contributed by atoms with Crippen LogP contribution in [0.25, 0.3) is 5.69 Å². The molecule has 2 N–H and O–H groups in total. The van der Waals surface area contributed by atoms with Gasteiger partial charge in [0.1, 0.15) is 11.4 Å². The van der Waals surface area contributed by atoms with Gasteiger partial charge in [0.25, 0.3) is 5.56 Å². The number of carboxylic acids is 1. The first kappa shape index (κ1) is 20.6. The molecule has 0 radical (unpaired) electrons. The third-order valence-corrected chi connectivity index (χ3v) is 4.16. The van der Waals surface area contributed by atoms with Crippen LogP contribution >= 0.6 is 0 Å². The van der Waals surface area contributed by atoms with Crippen LogP contribution in [0.1, 0.15) is 16.1 Å². The third-order valence-electron chi connectivity index (χ3n) is 4.16. The van der Waals surface area contributed by atoms with Crippen LogP contribution in [0.4, 0.5) is 5.69 Å². The summed E-state index contributed by atoms with van der Waals surface area (Å²) >= 11 is 0. The van der Waals surface area contributed by atoms with E-state index in [1.165, 1.54) is 0 Å². The van der Waals surface area contributed by atoms with E-state index in [0.29, 0.717) is 0 Å². The van der Waals surface area contributed by atoms with Crippen LogP contribution in [-0.4, -0.2) is 39.6 Å². The van der Waals surface area contributed by atoms with Gasteiger partial charge in [0.2, 0.25) is 0 Å². The highest BCUT2D eigenvalue weighted by Gasteiger charge is 2.16. The summed E-state index contributed by atoms with van der Waals surface area (Å²) in [5.74, 6) is -2.15. The van der Waals surface area contributed by atoms with Gasteiger partial charge < -0.3 is 20.2 Å². The number of aromatic hydroxyl groups is 1. The summed E-state index contributed by atoms with van der Waals surface area (Å²) in [5.41, 5.74) is 2.18. The lowest BCUT2D eigenvalue weighted by atomic mass is 10.2. The quantitative estimate of drug-likeness (QED) is 0.711. The summed E-state index contributed by atoms with van der Waals surface area (Å²) in [6.45, 7) is 1.95. The number of phenols is 1. The molecule has 0 atom stereocenters. The first-order chi connectivity index (χ1) is 13.1. The van der Waals surface area contributed by atoms with Crippen LogP contribution in [-0.2, 0) is 7.05 Å². The molecule has 8 nitrogen and oxygen atoms in total.